The van der Waals surface area contributed by atoms with Gasteiger partial charge in [-0.05, 0) is 31.5 Å². The van der Waals surface area contributed by atoms with Crippen molar-refractivity contribution in [2.45, 2.75) is 38.5 Å². The quantitative estimate of drug-likeness (QED) is 0.801. The summed E-state index contributed by atoms with van der Waals surface area (Å²) in [5.74, 6) is 0.831. The third-order valence-corrected chi connectivity index (χ3v) is 3.46. The number of ether oxygens (including phenoxy) is 1. The van der Waals surface area contributed by atoms with Crippen molar-refractivity contribution in [2.75, 3.05) is 21.2 Å². The van der Waals surface area contributed by atoms with Crippen LogP contribution in [0.3, 0.4) is 0 Å². The average Bonchev–Trinajstić information content (AvgIpc) is 2.46. The Morgan fingerprint density at radius 1 is 1.29 bits per heavy atom. The van der Waals surface area contributed by atoms with E-state index in [1.165, 1.54) is 0 Å². The van der Waals surface area contributed by atoms with Crippen molar-refractivity contribution in [1.82, 2.24) is 10.2 Å². The van der Waals surface area contributed by atoms with Crippen molar-refractivity contribution < 1.29 is 14.6 Å². The Labute approximate surface area is 126 Å². The number of aliphatic hydroxyl groups is 1. The summed E-state index contributed by atoms with van der Waals surface area (Å²) in [6, 6.07) is 7.19. The second-order valence-electron chi connectivity index (χ2n) is 5.57. The molecule has 1 rings (SSSR count). The molecule has 0 spiro atoms. The van der Waals surface area contributed by atoms with Crippen molar-refractivity contribution in [3.8, 4) is 5.75 Å². The van der Waals surface area contributed by atoms with Crippen LogP contribution in [0.2, 0.25) is 0 Å². The fraction of sp³-hybridized carbons (Fsp3) is 0.562. The molecule has 0 saturated carbocycles. The summed E-state index contributed by atoms with van der Waals surface area (Å²) in [6.07, 6.45) is -0.222. The highest BCUT2D eigenvalue weighted by molar-refractivity contribution is 5.76. The Morgan fingerprint density at radius 3 is 2.33 bits per heavy atom. The van der Waals surface area contributed by atoms with Gasteiger partial charge in [-0.2, -0.15) is 0 Å². The zero-order chi connectivity index (χ0) is 16.0. The van der Waals surface area contributed by atoms with Crippen LogP contribution in [0.5, 0.6) is 5.75 Å². The molecule has 0 aliphatic heterocycles. The molecule has 0 aromatic heterocycles. The molecule has 3 unspecified atom stereocenters. The lowest BCUT2D eigenvalue weighted by Crippen LogP contribution is -2.41. The Bertz CT molecular complexity index is 445. The molecule has 0 heterocycles. The minimum atomic E-state index is -0.632. The first-order valence-corrected chi connectivity index (χ1v) is 7.13. The number of hydrogen-bond donors (Lipinski definition) is 2. The molecule has 0 radical (unpaired) electrons. The monoisotopic (exact) mass is 294 g/mol. The van der Waals surface area contributed by atoms with E-state index in [0.717, 1.165) is 11.3 Å². The molecule has 5 heteroatoms. The van der Waals surface area contributed by atoms with Gasteiger partial charge >= 0.3 is 0 Å². The number of nitrogens with one attached hydrogen (secondary N) is 1. The maximum absolute atomic E-state index is 11.7. The summed E-state index contributed by atoms with van der Waals surface area (Å²) >= 11 is 0. The van der Waals surface area contributed by atoms with Crippen molar-refractivity contribution >= 4 is 5.91 Å². The van der Waals surface area contributed by atoms with Gasteiger partial charge in [0.2, 0.25) is 5.91 Å². The highest BCUT2D eigenvalue weighted by atomic mass is 16.5. The van der Waals surface area contributed by atoms with Crippen molar-refractivity contribution in [2.24, 2.45) is 0 Å². The number of methoxy groups -OCH3 is 1. The predicted molar refractivity (Wildman–Crippen MR) is 83.3 cm³/mol. The third-order valence-electron chi connectivity index (χ3n) is 3.46. The van der Waals surface area contributed by atoms with Gasteiger partial charge in [0.25, 0.3) is 0 Å². The topological polar surface area (TPSA) is 61.8 Å². The van der Waals surface area contributed by atoms with Crippen LogP contribution < -0.4 is 10.1 Å². The Morgan fingerprint density at radius 2 is 1.86 bits per heavy atom. The maximum atomic E-state index is 11.7. The summed E-state index contributed by atoms with van der Waals surface area (Å²) in [6.45, 7) is 3.85. The van der Waals surface area contributed by atoms with E-state index in [9.17, 15) is 9.90 Å². The van der Waals surface area contributed by atoms with E-state index in [1.807, 2.05) is 38.1 Å². The van der Waals surface area contributed by atoms with E-state index in [4.69, 9.17) is 4.74 Å². The molecule has 0 aliphatic carbocycles. The number of carbonyl (C=O) groups is 1. The lowest BCUT2D eigenvalue weighted by atomic mass is 10.0. The normalized spacial score (nSPS) is 15.1. The first-order valence-electron chi connectivity index (χ1n) is 7.13. The smallest absolute Gasteiger partial charge is 0.223 e. The van der Waals surface area contributed by atoms with E-state index < -0.39 is 6.10 Å². The van der Waals surface area contributed by atoms with E-state index in [-0.39, 0.29) is 18.0 Å². The van der Waals surface area contributed by atoms with Crippen LogP contribution in [0.4, 0.5) is 0 Å². The molecule has 1 amide bonds. The molecule has 118 valence electrons. The molecule has 0 saturated heterocycles. The number of amides is 1. The Kier molecular flexibility index (Phi) is 6.65. The number of benzene rings is 1. The van der Waals surface area contributed by atoms with Gasteiger partial charge in [-0.15, -0.1) is 0 Å². The van der Waals surface area contributed by atoms with Crippen LogP contribution in [0.1, 0.15) is 31.9 Å². The predicted octanol–water partition coefficient (Wildman–Crippen LogP) is 1.57. The molecule has 2 N–H and O–H groups in total. The minimum Gasteiger partial charge on any atom is -0.497 e. The fourth-order valence-corrected chi connectivity index (χ4v) is 2.13. The molecule has 1 aromatic rings. The van der Waals surface area contributed by atoms with Gasteiger partial charge in [0, 0.05) is 32.6 Å². The second kappa shape index (κ2) is 8.00. The van der Waals surface area contributed by atoms with Crippen molar-refractivity contribution in [3.05, 3.63) is 29.8 Å². The molecule has 5 nitrogen and oxygen atoms in total. The van der Waals surface area contributed by atoms with E-state index >= 15 is 0 Å². The van der Waals surface area contributed by atoms with Crippen LogP contribution in [-0.2, 0) is 4.79 Å². The van der Waals surface area contributed by atoms with Gasteiger partial charge in [0.1, 0.15) is 5.75 Å². The zero-order valence-corrected chi connectivity index (χ0v) is 13.5. The number of hydrogen-bond acceptors (Lipinski definition) is 4. The van der Waals surface area contributed by atoms with Gasteiger partial charge in [-0.3, -0.25) is 4.79 Å². The van der Waals surface area contributed by atoms with Crippen LogP contribution in [0.15, 0.2) is 24.3 Å². The molecule has 0 aliphatic rings. The molecule has 1 aromatic carbocycles. The molecule has 21 heavy (non-hydrogen) atoms. The summed E-state index contributed by atoms with van der Waals surface area (Å²) in [7, 11) is 5.09. The van der Waals surface area contributed by atoms with Crippen LogP contribution >= 0.6 is 0 Å². The largest absolute Gasteiger partial charge is 0.497 e. The van der Waals surface area contributed by atoms with Gasteiger partial charge in [-0.1, -0.05) is 12.1 Å². The lowest BCUT2D eigenvalue weighted by molar-refractivity contribution is -0.129. The second-order valence-corrected chi connectivity index (χ2v) is 5.57. The molecule has 3 atom stereocenters. The molecule has 0 fully saturated rings. The summed E-state index contributed by atoms with van der Waals surface area (Å²) in [5, 5.41) is 13.6. The lowest BCUT2D eigenvalue weighted by Gasteiger charge is -2.25. The number of nitrogens with zero attached hydrogens (tertiary/aromatic N) is 1. The number of rotatable bonds is 7. The van der Waals surface area contributed by atoms with Crippen molar-refractivity contribution in [1.29, 1.82) is 0 Å². The van der Waals surface area contributed by atoms with E-state index in [2.05, 4.69) is 5.32 Å². The standard InChI is InChI=1S/C16H26N2O3/c1-11(10-15(19)18(3)4)17-12(2)16(20)13-6-8-14(21-5)9-7-13/h6-9,11-12,16-17,20H,10H2,1-5H3. The zero-order valence-electron chi connectivity index (χ0n) is 13.5. The minimum absolute atomic E-state index is 0.00259. The summed E-state index contributed by atoms with van der Waals surface area (Å²) in [4.78, 5) is 13.2. The molecular formula is C16H26N2O3. The third kappa shape index (κ3) is 5.36. The average molecular weight is 294 g/mol. The van der Waals surface area contributed by atoms with Crippen LogP contribution in [0, 0.1) is 0 Å². The Hall–Kier alpha value is -1.59. The van der Waals surface area contributed by atoms with Crippen LogP contribution in [-0.4, -0.2) is 49.2 Å². The first kappa shape index (κ1) is 17.5. The summed E-state index contributed by atoms with van der Waals surface area (Å²) in [5.41, 5.74) is 0.821. The SMILES string of the molecule is COc1ccc(C(O)C(C)NC(C)CC(=O)N(C)C)cc1. The van der Waals surface area contributed by atoms with Gasteiger partial charge in [-0.25, -0.2) is 0 Å². The van der Waals surface area contributed by atoms with E-state index in [1.54, 1.807) is 26.1 Å². The Balaban J connectivity index is 2.56. The fourth-order valence-electron chi connectivity index (χ4n) is 2.13. The van der Waals surface area contributed by atoms with Gasteiger partial charge in [0.15, 0.2) is 0 Å². The first-order chi connectivity index (χ1) is 9.85. The van der Waals surface area contributed by atoms with Crippen LogP contribution in [0.25, 0.3) is 0 Å². The molecular weight excluding hydrogens is 268 g/mol. The molecule has 0 bridgehead atoms. The highest BCUT2D eigenvalue weighted by Crippen LogP contribution is 2.20. The van der Waals surface area contributed by atoms with Gasteiger partial charge < -0.3 is 20.1 Å². The van der Waals surface area contributed by atoms with Gasteiger partial charge in [0.05, 0.1) is 13.2 Å². The number of aliphatic hydroxyl groups excluding tert-OH is 1. The summed E-state index contributed by atoms with van der Waals surface area (Å²) < 4.78 is 5.10. The number of carbonyl (C=O) groups excluding carboxylic acids is 1. The highest BCUT2D eigenvalue weighted by Gasteiger charge is 2.19. The van der Waals surface area contributed by atoms with Crippen molar-refractivity contribution in [3.63, 3.8) is 0 Å². The van der Waals surface area contributed by atoms with E-state index in [0.29, 0.717) is 6.42 Å². The maximum Gasteiger partial charge on any atom is 0.223 e.